The van der Waals surface area contributed by atoms with E-state index in [1.165, 1.54) is 12.8 Å². The van der Waals surface area contributed by atoms with Crippen LogP contribution in [0.5, 0.6) is 5.75 Å². The van der Waals surface area contributed by atoms with Gasteiger partial charge >= 0.3 is 0 Å². The molecule has 0 aromatic carbocycles. The SMILES string of the molecule is CC1CCC(C(C)C)C(Oc2ccc(CN)nc2)C1. The molecule has 19 heavy (non-hydrogen) atoms. The second kappa shape index (κ2) is 6.38. The normalized spacial score (nSPS) is 27.5. The first-order chi connectivity index (χ1) is 9.10. The van der Waals surface area contributed by atoms with Crippen molar-refractivity contribution in [1.29, 1.82) is 0 Å². The molecule has 3 atom stereocenters. The first-order valence-electron chi connectivity index (χ1n) is 7.41. The lowest BCUT2D eigenvalue weighted by atomic mass is 9.75. The fraction of sp³-hybridized carbons (Fsp3) is 0.688. The van der Waals surface area contributed by atoms with E-state index >= 15 is 0 Å². The molecule has 0 aliphatic heterocycles. The number of aromatic nitrogens is 1. The molecule has 3 heteroatoms. The molecule has 0 radical (unpaired) electrons. The van der Waals surface area contributed by atoms with Crippen LogP contribution in [0.4, 0.5) is 0 Å². The average Bonchev–Trinajstić information content (AvgIpc) is 2.39. The van der Waals surface area contributed by atoms with Crippen molar-refractivity contribution in [3.8, 4) is 5.75 Å². The molecule has 1 aliphatic rings. The van der Waals surface area contributed by atoms with Gasteiger partial charge in [0.2, 0.25) is 0 Å². The number of nitrogens with zero attached hydrogens (tertiary/aromatic N) is 1. The maximum absolute atomic E-state index is 6.20. The number of pyridine rings is 1. The Morgan fingerprint density at radius 2 is 2.16 bits per heavy atom. The van der Waals surface area contributed by atoms with Crippen molar-refractivity contribution in [3.63, 3.8) is 0 Å². The molecular weight excluding hydrogens is 236 g/mol. The Morgan fingerprint density at radius 1 is 1.37 bits per heavy atom. The fourth-order valence-corrected chi connectivity index (χ4v) is 3.03. The van der Waals surface area contributed by atoms with Gasteiger partial charge in [0.1, 0.15) is 11.9 Å². The smallest absolute Gasteiger partial charge is 0.138 e. The van der Waals surface area contributed by atoms with Crippen LogP contribution in [-0.2, 0) is 6.54 Å². The van der Waals surface area contributed by atoms with Gasteiger partial charge in [-0.05, 0) is 42.7 Å². The van der Waals surface area contributed by atoms with Gasteiger partial charge in [-0.15, -0.1) is 0 Å². The minimum absolute atomic E-state index is 0.328. The molecule has 2 N–H and O–H groups in total. The van der Waals surface area contributed by atoms with Crippen molar-refractivity contribution < 1.29 is 4.74 Å². The van der Waals surface area contributed by atoms with Gasteiger partial charge in [0, 0.05) is 6.54 Å². The van der Waals surface area contributed by atoms with Crippen LogP contribution in [0.25, 0.3) is 0 Å². The van der Waals surface area contributed by atoms with E-state index in [0.717, 1.165) is 23.8 Å². The Kier molecular flexibility index (Phi) is 4.81. The zero-order valence-electron chi connectivity index (χ0n) is 12.3. The summed E-state index contributed by atoms with van der Waals surface area (Å²) in [6, 6.07) is 3.94. The third kappa shape index (κ3) is 3.69. The van der Waals surface area contributed by atoms with Crippen LogP contribution in [0.3, 0.4) is 0 Å². The summed E-state index contributed by atoms with van der Waals surface area (Å²) in [5, 5.41) is 0. The van der Waals surface area contributed by atoms with Gasteiger partial charge in [-0.25, -0.2) is 0 Å². The van der Waals surface area contributed by atoms with Crippen LogP contribution in [0.2, 0.25) is 0 Å². The summed E-state index contributed by atoms with van der Waals surface area (Å²) in [5.41, 5.74) is 6.47. The summed E-state index contributed by atoms with van der Waals surface area (Å²) in [6.07, 6.45) is 5.89. The quantitative estimate of drug-likeness (QED) is 0.905. The largest absolute Gasteiger partial charge is 0.489 e. The van der Waals surface area contributed by atoms with Crippen molar-refractivity contribution in [2.45, 2.75) is 52.7 Å². The lowest BCUT2D eigenvalue weighted by Gasteiger charge is -2.37. The first kappa shape index (κ1) is 14.3. The number of rotatable bonds is 4. The molecule has 1 fully saturated rings. The van der Waals surface area contributed by atoms with E-state index in [1.807, 2.05) is 12.1 Å². The number of hydrogen-bond donors (Lipinski definition) is 1. The highest BCUT2D eigenvalue weighted by atomic mass is 16.5. The van der Waals surface area contributed by atoms with Gasteiger partial charge in [0.25, 0.3) is 0 Å². The molecule has 1 saturated carbocycles. The summed E-state index contributed by atoms with van der Waals surface area (Å²) < 4.78 is 6.20. The van der Waals surface area contributed by atoms with Crippen LogP contribution < -0.4 is 10.5 Å². The summed E-state index contributed by atoms with van der Waals surface area (Å²) in [4.78, 5) is 4.30. The summed E-state index contributed by atoms with van der Waals surface area (Å²) in [5.74, 6) is 2.97. The lowest BCUT2D eigenvalue weighted by Crippen LogP contribution is -2.36. The molecule has 1 aromatic rings. The Hall–Kier alpha value is -1.09. The van der Waals surface area contributed by atoms with Gasteiger partial charge in [-0.3, -0.25) is 4.98 Å². The van der Waals surface area contributed by atoms with Crippen molar-refractivity contribution in [3.05, 3.63) is 24.0 Å². The molecule has 0 spiro atoms. The number of ether oxygens (including phenoxy) is 1. The Morgan fingerprint density at radius 3 is 2.74 bits per heavy atom. The highest BCUT2D eigenvalue weighted by molar-refractivity contribution is 5.20. The van der Waals surface area contributed by atoms with E-state index in [9.17, 15) is 0 Å². The van der Waals surface area contributed by atoms with Crippen LogP contribution >= 0.6 is 0 Å². The molecule has 0 saturated heterocycles. The molecule has 3 unspecified atom stereocenters. The zero-order valence-corrected chi connectivity index (χ0v) is 12.3. The maximum Gasteiger partial charge on any atom is 0.138 e. The molecule has 106 valence electrons. The monoisotopic (exact) mass is 262 g/mol. The number of nitrogens with two attached hydrogens (primary N) is 1. The summed E-state index contributed by atoms with van der Waals surface area (Å²) in [7, 11) is 0. The van der Waals surface area contributed by atoms with Crippen LogP contribution in [0, 0.1) is 17.8 Å². The predicted molar refractivity (Wildman–Crippen MR) is 77.9 cm³/mol. The first-order valence-corrected chi connectivity index (χ1v) is 7.41. The Labute approximate surface area is 116 Å². The summed E-state index contributed by atoms with van der Waals surface area (Å²) in [6.45, 7) is 7.40. The highest BCUT2D eigenvalue weighted by Crippen LogP contribution is 2.35. The minimum Gasteiger partial charge on any atom is -0.489 e. The molecular formula is C16H26N2O. The third-order valence-electron chi connectivity index (χ3n) is 4.26. The van der Waals surface area contributed by atoms with Crippen molar-refractivity contribution in [2.75, 3.05) is 0 Å². The fourth-order valence-electron chi connectivity index (χ4n) is 3.03. The highest BCUT2D eigenvalue weighted by Gasteiger charge is 2.32. The van der Waals surface area contributed by atoms with Crippen molar-refractivity contribution >= 4 is 0 Å². The van der Waals surface area contributed by atoms with Gasteiger partial charge < -0.3 is 10.5 Å². The van der Waals surface area contributed by atoms with Gasteiger partial charge in [-0.2, -0.15) is 0 Å². The van der Waals surface area contributed by atoms with Gasteiger partial charge in [-0.1, -0.05) is 27.2 Å². The Bertz CT molecular complexity index is 388. The van der Waals surface area contributed by atoms with E-state index in [-0.39, 0.29) is 0 Å². The van der Waals surface area contributed by atoms with E-state index in [4.69, 9.17) is 10.5 Å². The molecule has 3 nitrogen and oxygen atoms in total. The average molecular weight is 262 g/mol. The maximum atomic E-state index is 6.20. The Balaban J connectivity index is 2.05. The van der Waals surface area contributed by atoms with Gasteiger partial charge in [0.15, 0.2) is 0 Å². The molecule has 1 aliphatic carbocycles. The van der Waals surface area contributed by atoms with Crippen LogP contribution in [0.1, 0.15) is 45.7 Å². The van der Waals surface area contributed by atoms with Gasteiger partial charge in [0.05, 0.1) is 11.9 Å². The van der Waals surface area contributed by atoms with Crippen LogP contribution in [0.15, 0.2) is 18.3 Å². The molecule has 2 rings (SSSR count). The molecule has 0 bridgehead atoms. The lowest BCUT2D eigenvalue weighted by molar-refractivity contribution is 0.0457. The standard InChI is InChI=1S/C16H26N2O/c1-11(2)15-7-4-12(3)8-16(15)19-14-6-5-13(9-17)18-10-14/h5-6,10-12,15-16H,4,7-9,17H2,1-3H3. The topological polar surface area (TPSA) is 48.1 Å². The minimum atomic E-state index is 0.328. The van der Waals surface area contributed by atoms with E-state index in [1.54, 1.807) is 6.20 Å². The second-order valence-electron chi connectivity index (χ2n) is 6.17. The number of hydrogen-bond acceptors (Lipinski definition) is 3. The van der Waals surface area contributed by atoms with Crippen molar-refractivity contribution in [1.82, 2.24) is 4.98 Å². The molecule has 1 heterocycles. The predicted octanol–water partition coefficient (Wildman–Crippen LogP) is 3.38. The third-order valence-corrected chi connectivity index (χ3v) is 4.26. The van der Waals surface area contributed by atoms with E-state index in [0.29, 0.717) is 24.5 Å². The second-order valence-corrected chi connectivity index (χ2v) is 6.17. The summed E-state index contributed by atoms with van der Waals surface area (Å²) >= 11 is 0. The molecule has 1 aromatic heterocycles. The van der Waals surface area contributed by atoms with E-state index in [2.05, 4.69) is 25.8 Å². The van der Waals surface area contributed by atoms with Crippen molar-refractivity contribution in [2.24, 2.45) is 23.5 Å². The zero-order chi connectivity index (χ0) is 13.8. The van der Waals surface area contributed by atoms with Crippen LogP contribution in [-0.4, -0.2) is 11.1 Å². The van der Waals surface area contributed by atoms with E-state index < -0.39 is 0 Å². The molecule has 0 amide bonds.